The minimum Gasteiger partial charge on any atom is -0.473 e. The maximum atomic E-state index is 5.92. The molecule has 1 aliphatic heterocycles. The van der Waals surface area contributed by atoms with Gasteiger partial charge in [-0.1, -0.05) is 0 Å². The third-order valence-corrected chi connectivity index (χ3v) is 3.86. The van der Waals surface area contributed by atoms with Gasteiger partial charge in [0.2, 0.25) is 5.88 Å². The van der Waals surface area contributed by atoms with Crippen LogP contribution in [0, 0.1) is 5.92 Å². The summed E-state index contributed by atoms with van der Waals surface area (Å²) >= 11 is 0. The molecule has 1 aliphatic rings. The third kappa shape index (κ3) is 3.52. The molecule has 0 bridgehead atoms. The molecule has 21 heavy (non-hydrogen) atoms. The second kappa shape index (κ2) is 6.58. The van der Waals surface area contributed by atoms with E-state index in [4.69, 9.17) is 4.74 Å². The van der Waals surface area contributed by atoms with Gasteiger partial charge in [0.1, 0.15) is 6.10 Å². The Bertz CT molecular complexity index is 554. The molecule has 6 heteroatoms. The van der Waals surface area contributed by atoms with E-state index in [1.54, 1.807) is 24.8 Å². The minimum atomic E-state index is 0.162. The Kier molecular flexibility index (Phi) is 4.35. The number of hydrogen-bond acceptors (Lipinski definition) is 6. The first-order valence-corrected chi connectivity index (χ1v) is 7.29. The fraction of sp³-hybridized carbons (Fsp3) is 0.467. The molecular formula is C15H19N5O. The summed E-state index contributed by atoms with van der Waals surface area (Å²) in [5.41, 5.74) is 1.67. The van der Waals surface area contributed by atoms with E-state index >= 15 is 0 Å². The number of hydrogen-bond donors (Lipinski definition) is 1. The Morgan fingerprint density at radius 3 is 2.67 bits per heavy atom. The van der Waals surface area contributed by atoms with Crippen LogP contribution in [0.4, 0.5) is 0 Å². The van der Waals surface area contributed by atoms with E-state index in [1.165, 1.54) is 0 Å². The lowest BCUT2D eigenvalue weighted by Gasteiger charge is -2.28. The number of nitrogens with zero attached hydrogens (tertiary/aromatic N) is 4. The molecule has 0 amide bonds. The molecule has 3 heterocycles. The summed E-state index contributed by atoms with van der Waals surface area (Å²) in [7, 11) is 0. The number of nitrogens with one attached hydrogen (secondary N) is 1. The first-order valence-electron chi connectivity index (χ1n) is 7.29. The molecule has 6 nitrogen and oxygen atoms in total. The van der Waals surface area contributed by atoms with Gasteiger partial charge in [0.15, 0.2) is 0 Å². The second-order valence-corrected chi connectivity index (χ2v) is 5.28. The quantitative estimate of drug-likeness (QED) is 0.921. The topological polar surface area (TPSA) is 72.8 Å². The highest BCUT2D eigenvalue weighted by Crippen LogP contribution is 2.21. The molecule has 2 aromatic heterocycles. The summed E-state index contributed by atoms with van der Waals surface area (Å²) in [5, 5.41) is 11.0. The number of rotatable bonds is 4. The van der Waals surface area contributed by atoms with E-state index in [2.05, 4.69) is 32.4 Å². The molecule has 1 saturated heterocycles. The fourth-order valence-corrected chi connectivity index (χ4v) is 2.57. The molecular weight excluding hydrogens is 266 g/mol. The molecule has 0 spiro atoms. The van der Waals surface area contributed by atoms with Crippen molar-refractivity contribution >= 4 is 0 Å². The average Bonchev–Trinajstić information content (AvgIpc) is 2.57. The van der Waals surface area contributed by atoms with Gasteiger partial charge in [-0.15, -0.1) is 0 Å². The monoisotopic (exact) mass is 285 g/mol. The Morgan fingerprint density at radius 1 is 1.14 bits per heavy atom. The van der Waals surface area contributed by atoms with E-state index in [0.29, 0.717) is 11.8 Å². The van der Waals surface area contributed by atoms with Gasteiger partial charge < -0.3 is 10.1 Å². The fourth-order valence-electron chi connectivity index (χ4n) is 2.57. The van der Waals surface area contributed by atoms with Crippen LogP contribution in [0.2, 0.25) is 0 Å². The predicted molar refractivity (Wildman–Crippen MR) is 78.7 cm³/mol. The molecule has 1 atom stereocenters. The van der Waals surface area contributed by atoms with Gasteiger partial charge in [-0.2, -0.15) is 10.2 Å². The van der Waals surface area contributed by atoms with Crippen LogP contribution in [0.5, 0.6) is 5.88 Å². The smallest absolute Gasteiger partial charge is 0.232 e. The molecule has 110 valence electrons. The lowest BCUT2D eigenvalue weighted by atomic mass is 9.93. The van der Waals surface area contributed by atoms with Crippen molar-refractivity contribution in [1.29, 1.82) is 0 Å². The largest absolute Gasteiger partial charge is 0.473 e. The van der Waals surface area contributed by atoms with E-state index in [-0.39, 0.29) is 6.10 Å². The molecule has 3 rings (SSSR count). The summed E-state index contributed by atoms with van der Waals surface area (Å²) in [4.78, 5) is 8.72. The predicted octanol–water partition coefficient (Wildman–Crippen LogP) is 1.70. The van der Waals surface area contributed by atoms with E-state index in [0.717, 1.165) is 37.2 Å². The van der Waals surface area contributed by atoms with Gasteiger partial charge in [-0.25, -0.2) is 9.97 Å². The molecule has 1 fully saturated rings. The van der Waals surface area contributed by atoms with Crippen LogP contribution in [-0.4, -0.2) is 39.4 Å². The third-order valence-electron chi connectivity index (χ3n) is 3.86. The van der Waals surface area contributed by atoms with Gasteiger partial charge >= 0.3 is 0 Å². The average molecular weight is 285 g/mol. The molecule has 1 N–H and O–H groups in total. The lowest BCUT2D eigenvalue weighted by molar-refractivity contribution is 0.122. The van der Waals surface area contributed by atoms with Crippen molar-refractivity contribution < 1.29 is 4.74 Å². The van der Waals surface area contributed by atoms with Crippen LogP contribution in [-0.2, 0) is 0 Å². The minimum absolute atomic E-state index is 0.162. The first kappa shape index (κ1) is 13.9. The SMILES string of the molecule is C[C@H](Oc1cnc(-c2ccnnc2)cn1)C1CCNCC1. The van der Waals surface area contributed by atoms with Crippen LogP contribution in [0.25, 0.3) is 11.3 Å². The van der Waals surface area contributed by atoms with Crippen molar-refractivity contribution in [3.63, 3.8) is 0 Å². The van der Waals surface area contributed by atoms with E-state index < -0.39 is 0 Å². The summed E-state index contributed by atoms with van der Waals surface area (Å²) < 4.78 is 5.92. The number of aromatic nitrogens is 4. The van der Waals surface area contributed by atoms with Crippen molar-refractivity contribution in [2.24, 2.45) is 5.92 Å². The zero-order valence-corrected chi connectivity index (χ0v) is 12.1. The number of ether oxygens (including phenoxy) is 1. The van der Waals surface area contributed by atoms with Crippen molar-refractivity contribution in [2.45, 2.75) is 25.9 Å². The van der Waals surface area contributed by atoms with Crippen LogP contribution >= 0.6 is 0 Å². The van der Waals surface area contributed by atoms with Gasteiger partial charge in [0.05, 0.1) is 30.5 Å². The Labute approximate surface area is 124 Å². The maximum absolute atomic E-state index is 5.92. The van der Waals surface area contributed by atoms with Gasteiger partial charge in [-0.3, -0.25) is 0 Å². The van der Waals surface area contributed by atoms with Gasteiger partial charge in [0, 0.05) is 5.56 Å². The summed E-state index contributed by atoms with van der Waals surface area (Å²) in [6.45, 7) is 4.24. The van der Waals surface area contributed by atoms with Crippen molar-refractivity contribution in [1.82, 2.24) is 25.5 Å². The summed E-state index contributed by atoms with van der Waals surface area (Å²) in [5.74, 6) is 1.16. The van der Waals surface area contributed by atoms with E-state index in [1.807, 2.05) is 6.07 Å². The Balaban J connectivity index is 1.64. The highest BCUT2D eigenvalue weighted by atomic mass is 16.5. The Morgan fingerprint density at radius 2 is 2.00 bits per heavy atom. The normalized spacial score (nSPS) is 17.4. The summed E-state index contributed by atoms with van der Waals surface area (Å²) in [6.07, 6.45) is 9.15. The standard InChI is InChI=1S/C15H19N5O/c1-11(12-2-5-16-6-3-12)21-15-10-17-14(9-18-15)13-4-7-19-20-8-13/h4,7-12,16H,2-3,5-6H2,1H3/t11-/m0/s1. The highest BCUT2D eigenvalue weighted by molar-refractivity contribution is 5.55. The molecule has 0 radical (unpaired) electrons. The maximum Gasteiger partial charge on any atom is 0.232 e. The van der Waals surface area contributed by atoms with Crippen molar-refractivity contribution in [3.8, 4) is 17.1 Å². The van der Waals surface area contributed by atoms with Crippen LogP contribution in [0.15, 0.2) is 30.9 Å². The number of piperidine rings is 1. The lowest BCUT2D eigenvalue weighted by Crippen LogP contribution is -2.35. The summed E-state index contributed by atoms with van der Waals surface area (Å²) in [6, 6.07) is 1.86. The first-order chi connectivity index (χ1) is 10.3. The Hall–Kier alpha value is -2.08. The molecule has 2 aromatic rings. The van der Waals surface area contributed by atoms with Crippen LogP contribution in [0.3, 0.4) is 0 Å². The zero-order valence-electron chi connectivity index (χ0n) is 12.1. The van der Waals surface area contributed by atoms with Gasteiger partial charge in [-0.05, 0) is 44.8 Å². The van der Waals surface area contributed by atoms with E-state index in [9.17, 15) is 0 Å². The molecule has 0 unspecified atom stereocenters. The van der Waals surface area contributed by atoms with Gasteiger partial charge in [0.25, 0.3) is 0 Å². The zero-order chi connectivity index (χ0) is 14.5. The molecule has 0 aromatic carbocycles. The molecule has 0 saturated carbocycles. The highest BCUT2D eigenvalue weighted by Gasteiger charge is 2.21. The van der Waals surface area contributed by atoms with Crippen LogP contribution in [0.1, 0.15) is 19.8 Å². The molecule has 0 aliphatic carbocycles. The second-order valence-electron chi connectivity index (χ2n) is 5.28. The van der Waals surface area contributed by atoms with Crippen molar-refractivity contribution in [2.75, 3.05) is 13.1 Å². The van der Waals surface area contributed by atoms with Crippen LogP contribution < -0.4 is 10.1 Å². The van der Waals surface area contributed by atoms with Crippen molar-refractivity contribution in [3.05, 3.63) is 30.9 Å².